The second-order valence-electron chi connectivity index (χ2n) is 15.4. The number of aromatic nitrogens is 5. The van der Waals surface area contributed by atoms with Gasteiger partial charge in [-0.3, -0.25) is 0 Å². The Kier molecular flexibility index (Phi) is 9.42. The number of nitrogens with two attached hydrogens (primary N) is 1. The smallest absolute Gasteiger partial charge is 0.124 e. The van der Waals surface area contributed by atoms with Crippen LogP contribution >= 0.6 is 0 Å². The maximum absolute atomic E-state index is 6.12. The van der Waals surface area contributed by atoms with E-state index in [1.807, 2.05) is 48.5 Å². The predicted molar refractivity (Wildman–Crippen MR) is 247 cm³/mol. The first kappa shape index (κ1) is 36.5. The molecule has 292 valence electrons. The zero-order chi connectivity index (χ0) is 40.6. The highest BCUT2D eigenvalue weighted by molar-refractivity contribution is 6.17. The zero-order valence-electron chi connectivity index (χ0n) is 33.5. The van der Waals surface area contributed by atoms with Crippen molar-refractivity contribution in [3.05, 3.63) is 194 Å². The fourth-order valence-electron chi connectivity index (χ4n) is 8.08. The van der Waals surface area contributed by atoms with E-state index < -0.39 is 0 Å². The van der Waals surface area contributed by atoms with Crippen molar-refractivity contribution in [2.45, 2.75) is 20.4 Å². The standard InChI is InChI=1S/C52H43N8/c1-36(2)35-57-52-48(38-25-31-45(32-26-38)59(42-19-11-5-12-20-42)43-21-13-6-14-22-43)50-49(55-60(56-50)46-33-27-39(53)28-34-46)47(51(52)54-57)37-23-29-44(30-24-37)58(40-15-7-3-8-16-40)41-17-9-4-10-18-41/h3-34,36H,35,53H2,1-2H3/q-1. The lowest BCUT2D eigenvalue weighted by molar-refractivity contribution is 0.479. The molecule has 0 bridgehead atoms. The Labute approximate surface area is 349 Å². The summed E-state index contributed by atoms with van der Waals surface area (Å²) in [5.41, 5.74) is 21.6. The van der Waals surface area contributed by atoms with E-state index in [9.17, 15) is 0 Å². The molecule has 8 nitrogen and oxygen atoms in total. The van der Waals surface area contributed by atoms with Crippen LogP contribution in [-0.4, -0.2) is 19.7 Å². The van der Waals surface area contributed by atoms with Crippen LogP contribution in [0.2, 0.25) is 0 Å². The third-order valence-corrected chi connectivity index (χ3v) is 10.8. The van der Waals surface area contributed by atoms with Gasteiger partial charge in [0.15, 0.2) is 0 Å². The van der Waals surface area contributed by atoms with Gasteiger partial charge in [0, 0.05) is 57.4 Å². The first-order chi connectivity index (χ1) is 29.5. The first-order valence-electron chi connectivity index (χ1n) is 20.3. The zero-order valence-corrected chi connectivity index (χ0v) is 33.5. The minimum Gasteiger partial charge on any atom is -0.593 e. The summed E-state index contributed by atoms with van der Waals surface area (Å²) in [5.74, 6) is 0.383. The number of fused-ring (bicyclic) bond motifs is 2. The Morgan fingerprint density at radius 2 is 0.867 bits per heavy atom. The second-order valence-corrected chi connectivity index (χ2v) is 15.4. The molecule has 8 heteroatoms. The molecule has 0 amide bonds. The van der Waals surface area contributed by atoms with Gasteiger partial charge in [-0.25, -0.2) is 0 Å². The van der Waals surface area contributed by atoms with Gasteiger partial charge in [-0.2, -0.15) is 4.80 Å². The number of para-hydroxylation sites is 4. The summed E-state index contributed by atoms with van der Waals surface area (Å²) >= 11 is 0. The number of benzene rings is 8. The second kappa shape index (κ2) is 15.5. The minimum absolute atomic E-state index is 0.383. The van der Waals surface area contributed by atoms with Crippen LogP contribution in [0.3, 0.4) is 0 Å². The van der Waals surface area contributed by atoms with Gasteiger partial charge in [-0.1, -0.05) is 116 Å². The normalized spacial score (nSPS) is 11.4. The fraction of sp³-hybridized carbons (Fsp3) is 0.0769. The van der Waals surface area contributed by atoms with Crippen LogP contribution in [0.15, 0.2) is 194 Å². The molecule has 8 aromatic carbocycles. The van der Waals surface area contributed by atoms with Crippen LogP contribution < -0.4 is 20.6 Å². The first-order valence-corrected chi connectivity index (χ1v) is 20.3. The average Bonchev–Trinajstić information content (AvgIpc) is 3.73. The molecule has 60 heavy (non-hydrogen) atoms. The molecule has 0 aliphatic carbocycles. The molecular weight excluding hydrogens is 737 g/mol. The van der Waals surface area contributed by atoms with Gasteiger partial charge in [-0.15, -0.1) is 10.2 Å². The topological polar surface area (TPSA) is 82.2 Å². The van der Waals surface area contributed by atoms with E-state index in [0.717, 1.165) is 90.7 Å². The van der Waals surface area contributed by atoms with Crippen molar-refractivity contribution < 1.29 is 0 Å². The van der Waals surface area contributed by atoms with Gasteiger partial charge in [-0.05, 0) is 120 Å². The van der Waals surface area contributed by atoms with E-state index in [0.29, 0.717) is 11.6 Å². The Hall–Kier alpha value is -7.84. The predicted octanol–water partition coefficient (Wildman–Crippen LogP) is 12.8. The molecule has 2 heterocycles. The molecule has 0 spiro atoms. The van der Waals surface area contributed by atoms with Gasteiger partial charge >= 0.3 is 0 Å². The van der Waals surface area contributed by atoms with Crippen LogP contribution in [0.4, 0.5) is 39.8 Å². The van der Waals surface area contributed by atoms with Crippen LogP contribution in [0.1, 0.15) is 13.8 Å². The molecule has 0 saturated heterocycles. The van der Waals surface area contributed by atoms with Crippen molar-refractivity contribution in [3.8, 4) is 27.9 Å². The molecule has 0 aliphatic rings. The Bertz CT molecular complexity index is 2930. The van der Waals surface area contributed by atoms with E-state index in [2.05, 4.69) is 174 Å². The summed E-state index contributed by atoms with van der Waals surface area (Å²) in [6, 6.07) is 67.1. The number of hydrogen-bond acceptors (Lipinski definition) is 5. The lowest BCUT2D eigenvalue weighted by Gasteiger charge is -2.35. The lowest BCUT2D eigenvalue weighted by Crippen LogP contribution is -2.18. The Balaban J connectivity index is 1.16. The minimum atomic E-state index is 0.383. The maximum atomic E-state index is 6.12. The van der Waals surface area contributed by atoms with Gasteiger partial charge in [0.2, 0.25) is 0 Å². The highest BCUT2D eigenvalue weighted by Crippen LogP contribution is 2.45. The number of nitrogen functional groups attached to an aromatic ring is 1. The van der Waals surface area contributed by atoms with Crippen LogP contribution in [0, 0.1) is 5.92 Å². The molecule has 0 radical (unpaired) electrons. The summed E-state index contributed by atoms with van der Waals surface area (Å²) < 4.78 is 2.15. The number of nitrogens with zero attached hydrogens (tertiary/aromatic N) is 7. The molecule has 0 saturated carbocycles. The number of anilines is 7. The van der Waals surface area contributed by atoms with Crippen molar-refractivity contribution in [1.29, 1.82) is 0 Å². The van der Waals surface area contributed by atoms with Crippen molar-refractivity contribution in [1.82, 2.24) is 24.8 Å². The van der Waals surface area contributed by atoms with Crippen LogP contribution in [0.25, 0.3) is 50.0 Å². The molecule has 0 unspecified atom stereocenters. The average molecular weight is 780 g/mol. The van der Waals surface area contributed by atoms with Crippen molar-refractivity contribution >= 4 is 61.9 Å². The third kappa shape index (κ3) is 6.73. The highest BCUT2D eigenvalue weighted by atomic mass is 15.5. The van der Waals surface area contributed by atoms with Gasteiger partial charge in [0.05, 0.1) is 5.69 Å². The largest absolute Gasteiger partial charge is 0.593 e. The highest BCUT2D eigenvalue weighted by Gasteiger charge is 2.23. The summed E-state index contributed by atoms with van der Waals surface area (Å²) in [4.78, 5) is 6.27. The molecule has 0 atom stereocenters. The van der Waals surface area contributed by atoms with E-state index in [1.165, 1.54) is 0 Å². The van der Waals surface area contributed by atoms with E-state index in [1.54, 1.807) is 4.80 Å². The van der Waals surface area contributed by atoms with Gasteiger partial charge in [0.25, 0.3) is 0 Å². The number of rotatable bonds is 11. The van der Waals surface area contributed by atoms with E-state index in [4.69, 9.17) is 21.0 Å². The van der Waals surface area contributed by atoms with Gasteiger partial charge in [0.1, 0.15) is 11.0 Å². The lowest BCUT2D eigenvalue weighted by atomic mass is 9.93. The Morgan fingerprint density at radius 1 is 0.483 bits per heavy atom. The van der Waals surface area contributed by atoms with E-state index >= 15 is 0 Å². The summed E-state index contributed by atoms with van der Waals surface area (Å²) in [6.45, 7) is 5.22. The molecule has 10 aromatic rings. The molecule has 10 rings (SSSR count). The molecule has 2 N–H and O–H groups in total. The fourth-order valence-corrected chi connectivity index (χ4v) is 8.08. The van der Waals surface area contributed by atoms with Crippen molar-refractivity contribution in [2.75, 3.05) is 15.5 Å². The quantitative estimate of drug-likeness (QED) is 0.132. The van der Waals surface area contributed by atoms with Gasteiger partial charge < -0.3 is 25.3 Å². The van der Waals surface area contributed by atoms with Crippen molar-refractivity contribution in [2.24, 2.45) is 5.92 Å². The molecular formula is C52H43N8-. The SMILES string of the molecule is CC(C)Cn1[n-]c2c(-c3ccc(N(c4ccccc4)c4ccccc4)cc3)c3nn(-c4ccc(N)cc4)nc3c(-c3ccc(N(c4ccccc4)c4ccccc4)cc3)c21. The molecule has 0 fully saturated rings. The third-order valence-electron chi connectivity index (χ3n) is 10.8. The summed E-state index contributed by atoms with van der Waals surface area (Å²) in [7, 11) is 0. The molecule has 2 aromatic heterocycles. The number of hydrogen-bond donors (Lipinski definition) is 1. The Morgan fingerprint density at radius 3 is 1.28 bits per heavy atom. The van der Waals surface area contributed by atoms with Crippen molar-refractivity contribution in [3.63, 3.8) is 0 Å². The molecule has 0 aliphatic heterocycles. The monoisotopic (exact) mass is 779 g/mol. The summed E-state index contributed by atoms with van der Waals surface area (Å²) in [5, 5.41) is 15.8. The maximum Gasteiger partial charge on any atom is 0.124 e. The van der Waals surface area contributed by atoms with E-state index in [-0.39, 0.29) is 0 Å². The van der Waals surface area contributed by atoms with Crippen LogP contribution in [-0.2, 0) is 6.54 Å². The summed E-state index contributed by atoms with van der Waals surface area (Å²) in [6.07, 6.45) is 0. The van der Waals surface area contributed by atoms with Crippen LogP contribution in [0.5, 0.6) is 0 Å².